The molecule has 0 bridgehead atoms. The highest BCUT2D eigenvalue weighted by atomic mass is 35.5. The largest absolute Gasteiger partial charge is 0.486 e. The molecular formula is C14H13ClN2O2. The zero-order chi connectivity index (χ0) is 13.2. The molecule has 0 N–H and O–H groups in total. The summed E-state index contributed by atoms with van der Waals surface area (Å²) in [6.07, 6.45) is 2.26. The van der Waals surface area contributed by atoms with Crippen LogP contribution in [0.3, 0.4) is 0 Å². The Morgan fingerprint density at radius 1 is 1.16 bits per heavy atom. The SMILES string of the molecule is CCc1c(Cl)ncnc1-c1ccc2c(c1)OCCO2. The van der Waals surface area contributed by atoms with Crippen LogP contribution in [0.2, 0.25) is 5.15 Å². The van der Waals surface area contributed by atoms with Gasteiger partial charge in [-0.2, -0.15) is 0 Å². The van der Waals surface area contributed by atoms with Crippen LogP contribution in [0.5, 0.6) is 11.5 Å². The van der Waals surface area contributed by atoms with Crippen LogP contribution in [0.4, 0.5) is 0 Å². The number of aromatic nitrogens is 2. The number of fused-ring (bicyclic) bond motifs is 1. The predicted molar refractivity (Wildman–Crippen MR) is 72.8 cm³/mol. The maximum atomic E-state index is 6.12. The first-order valence-corrected chi connectivity index (χ1v) is 6.56. The van der Waals surface area contributed by atoms with Crippen molar-refractivity contribution in [3.63, 3.8) is 0 Å². The molecule has 2 aromatic rings. The van der Waals surface area contributed by atoms with Gasteiger partial charge in [-0.25, -0.2) is 9.97 Å². The lowest BCUT2D eigenvalue weighted by molar-refractivity contribution is 0.171. The van der Waals surface area contributed by atoms with E-state index in [0.29, 0.717) is 18.4 Å². The molecule has 0 unspecified atom stereocenters. The van der Waals surface area contributed by atoms with E-state index in [2.05, 4.69) is 9.97 Å². The smallest absolute Gasteiger partial charge is 0.162 e. The highest BCUT2D eigenvalue weighted by molar-refractivity contribution is 6.30. The van der Waals surface area contributed by atoms with Crippen molar-refractivity contribution < 1.29 is 9.47 Å². The van der Waals surface area contributed by atoms with E-state index in [0.717, 1.165) is 34.7 Å². The fraction of sp³-hybridized carbons (Fsp3) is 0.286. The molecule has 5 heteroatoms. The van der Waals surface area contributed by atoms with Gasteiger partial charge < -0.3 is 9.47 Å². The Hall–Kier alpha value is -1.81. The summed E-state index contributed by atoms with van der Waals surface area (Å²) >= 11 is 6.12. The third-order valence-electron chi connectivity index (χ3n) is 3.06. The molecule has 1 aromatic carbocycles. The van der Waals surface area contributed by atoms with Crippen LogP contribution in [-0.2, 0) is 6.42 Å². The normalized spacial score (nSPS) is 13.4. The van der Waals surface area contributed by atoms with Gasteiger partial charge in [-0.3, -0.25) is 0 Å². The van der Waals surface area contributed by atoms with E-state index in [9.17, 15) is 0 Å². The minimum atomic E-state index is 0.502. The van der Waals surface area contributed by atoms with E-state index in [1.165, 1.54) is 6.33 Å². The fourth-order valence-corrected chi connectivity index (χ4v) is 2.41. The molecule has 1 aliphatic heterocycles. The molecule has 0 fully saturated rings. The number of hydrogen-bond donors (Lipinski definition) is 0. The molecule has 0 saturated carbocycles. The van der Waals surface area contributed by atoms with Gasteiger partial charge in [-0.05, 0) is 24.6 Å². The molecule has 3 rings (SSSR count). The van der Waals surface area contributed by atoms with Gasteiger partial charge >= 0.3 is 0 Å². The average molecular weight is 277 g/mol. The summed E-state index contributed by atoms with van der Waals surface area (Å²) in [5, 5.41) is 0.502. The maximum absolute atomic E-state index is 6.12. The Morgan fingerprint density at radius 2 is 1.95 bits per heavy atom. The molecule has 0 radical (unpaired) electrons. The molecule has 0 aliphatic carbocycles. The summed E-state index contributed by atoms with van der Waals surface area (Å²) in [5.74, 6) is 1.52. The highest BCUT2D eigenvalue weighted by Crippen LogP contribution is 2.35. The van der Waals surface area contributed by atoms with Crippen molar-refractivity contribution in [2.75, 3.05) is 13.2 Å². The summed E-state index contributed by atoms with van der Waals surface area (Å²) in [7, 11) is 0. The second-order valence-electron chi connectivity index (χ2n) is 4.20. The monoisotopic (exact) mass is 276 g/mol. The molecule has 0 spiro atoms. The Kier molecular flexibility index (Phi) is 3.25. The Morgan fingerprint density at radius 3 is 2.74 bits per heavy atom. The average Bonchev–Trinajstić information content (AvgIpc) is 2.46. The lowest BCUT2D eigenvalue weighted by Crippen LogP contribution is -2.15. The van der Waals surface area contributed by atoms with Crippen molar-refractivity contribution in [3.05, 3.63) is 35.2 Å². The number of rotatable bonds is 2. The van der Waals surface area contributed by atoms with Crippen LogP contribution in [0.1, 0.15) is 12.5 Å². The molecule has 98 valence electrons. The van der Waals surface area contributed by atoms with E-state index < -0.39 is 0 Å². The van der Waals surface area contributed by atoms with Gasteiger partial charge in [0.2, 0.25) is 0 Å². The van der Waals surface area contributed by atoms with E-state index in [4.69, 9.17) is 21.1 Å². The van der Waals surface area contributed by atoms with Gasteiger partial charge in [0.25, 0.3) is 0 Å². The summed E-state index contributed by atoms with van der Waals surface area (Å²) in [6.45, 7) is 3.19. The Balaban J connectivity index is 2.09. The van der Waals surface area contributed by atoms with E-state index in [-0.39, 0.29) is 0 Å². The van der Waals surface area contributed by atoms with Crippen molar-refractivity contribution in [3.8, 4) is 22.8 Å². The van der Waals surface area contributed by atoms with Gasteiger partial charge in [-0.15, -0.1) is 0 Å². The highest BCUT2D eigenvalue weighted by Gasteiger charge is 2.15. The molecule has 2 heterocycles. The molecule has 19 heavy (non-hydrogen) atoms. The summed E-state index contributed by atoms with van der Waals surface area (Å²) < 4.78 is 11.1. The first-order valence-electron chi connectivity index (χ1n) is 6.19. The topological polar surface area (TPSA) is 44.2 Å². The molecule has 0 amide bonds. The van der Waals surface area contributed by atoms with Gasteiger partial charge in [0.1, 0.15) is 24.7 Å². The van der Waals surface area contributed by atoms with Crippen molar-refractivity contribution in [2.45, 2.75) is 13.3 Å². The van der Waals surface area contributed by atoms with Crippen molar-refractivity contribution in [2.24, 2.45) is 0 Å². The molecule has 0 saturated heterocycles. The third kappa shape index (κ3) is 2.24. The molecular weight excluding hydrogens is 264 g/mol. The van der Waals surface area contributed by atoms with Crippen molar-refractivity contribution in [1.82, 2.24) is 9.97 Å². The van der Waals surface area contributed by atoms with Crippen LogP contribution in [0, 0.1) is 0 Å². The lowest BCUT2D eigenvalue weighted by atomic mass is 10.0. The predicted octanol–water partition coefficient (Wildman–Crippen LogP) is 3.13. The van der Waals surface area contributed by atoms with Gasteiger partial charge in [0.05, 0.1) is 5.69 Å². The van der Waals surface area contributed by atoms with Gasteiger partial charge in [-0.1, -0.05) is 18.5 Å². The third-order valence-corrected chi connectivity index (χ3v) is 3.39. The fourth-order valence-electron chi connectivity index (χ4n) is 2.14. The van der Waals surface area contributed by atoms with Crippen LogP contribution < -0.4 is 9.47 Å². The Labute approximate surface area is 116 Å². The Bertz CT molecular complexity index is 616. The second kappa shape index (κ2) is 5.05. The zero-order valence-electron chi connectivity index (χ0n) is 10.5. The number of benzene rings is 1. The van der Waals surface area contributed by atoms with E-state index in [1.54, 1.807) is 0 Å². The quantitative estimate of drug-likeness (QED) is 0.791. The minimum absolute atomic E-state index is 0.502. The summed E-state index contributed by atoms with van der Waals surface area (Å²) in [4.78, 5) is 8.36. The van der Waals surface area contributed by atoms with Crippen LogP contribution in [-0.4, -0.2) is 23.2 Å². The lowest BCUT2D eigenvalue weighted by Gasteiger charge is -2.19. The van der Waals surface area contributed by atoms with Crippen LogP contribution in [0.25, 0.3) is 11.3 Å². The van der Waals surface area contributed by atoms with Crippen molar-refractivity contribution >= 4 is 11.6 Å². The number of hydrogen-bond acceptors (Lipinski definition) is 4. The number of halogens is 1. The standard InChI is InChI=1S/C14H13ClN2O2/c1-2-10-13(16-8-17-14(10)15)9-3-4-11-12(7-9)19-6-5-18-11/h3-4,7-8H,2,5-6H2,1H3. The molecule has 1 aliphatic rings. The van der Waals surface area contributed by atoms with Gasteiger partial charge in [0.15, 0.2) is 11.5 Å². The molecule has 1 aromatic heterocycles. The number of nitrogens with zero attached hydrogens (tertiary/aromatic N) is 2. The second-order valence-corrected chi connectivity index (χ2v) is 4.56. The first-order chi connectivity index (χ1) is 9.29. The first kappa shape index (κ1) is 12.2. The molecule has 4 nitrogen and oxygen atoms in total. The minimum Gasteiger partial charge on any atom is -0.486 e. The summed E-state index contributed by atoms with van der Waals surface area (Å²) in [6, 6.07) is 5.80. The molecule has 0 atom stereocenters. The van der Waals surface area contributed by atoms with Crippen LogP contribution in [0.15, 0.2) is 24.5 Å². The maximum Gasteiger partial charge on any atom is 0.162 e. The van der Waals surface area contributed by atoms with Crippen molar-refractivity contribution in [1.29, 1.82) is 0 Å². The summed E-state index contributed by atoms with van der Waals surface area (Å²) in [5.41, 5.74) is 2.76. The van der Waals surface area contributed by atoms with Gasteiger partial charge in [0, 0.05) is 11.1 Å². The van der Waals surface area contributed by atoms with E-state index in [1.807, 2.05) is 25.1 Å². The van der Waals surface area contributed by atoms with E-state index >= 15 is 0 Å². The number of ether oxygens (including phenoxy) is 2. The van der Waals surface area contributed by atoms with Crippen LogP contribution >= 0.6 is 11.6 Å². The zero-order valence-corrected chi connectivity index (χ0v) is 11.3.